The Morgan fingerprint density at radius 2 is 1.75 bits per heavy atom. The van der Waals surface area contributed by atoms with Gasteiger partial charge in [-0.2, -0.15) is 0 Å². The second kappa shape index (κ2) is 8.89. The van der Waals surface area contributed by atoms with Crippen LogP contribution in [0.4, 0.5) is 0 Å². The number of hydrogen-bond donors (Lipinski definition) is 0. The molecule has 0 saturated carbocycles. The van der Waals surface area contributed by atoms with Gasteiger partial charge in [0.2, 0.25) is 5.91 Å². The molecule has 0 aromatic heterocycles. The first-order valence-corrected chi connectivity index (χ1v) is 10.4. The quantitative estimate of drug-likeness (QED) is 0.766. The van der Waals surface area contributed by atoms with Gasteiger partial charge in [0.25, 0.3) is 0 Å². The van der Waals surface area contributed by atoms with E-state index in [1.54, 1.807) is 7.11 Å². The number of rotatable bonds is 6. The van der Waals surface area contributed by atoms with Gasteiger partial charge in [-0.1, -0.05) is 54.6 Å². The van der Waals surface area contributed by atoms with Crippen molar-refractivity contribution in [2.24, 2.45) is 5.92 Å². The van der Waals surface area contributed by atoms with E-state index in [9.17, 15) is 4.79 Å². The first-order valence-electron chi connectivity index (χ1n) is 10.4. The van der Waals surface area contributed by atoms with Gasteiger partial charge in [0, 0.05) is 45.8 Å². The van der Waals surface area contributed by atoms with Crippen LogP contribution >= 0.6 is 0 Å². The van der Waals surface area contributed by atoms with Gasteiger partial charge < -0.3 is 9.64 Å². The molecule has 2 aromatic carbocycles. The first kappa shape index (κ1) is 19.2. The van der Waals surface area contributed by atoms with E-state index in [-0.39, 0.29) is 0 Å². The van der Waals surface area contributed by atoms with Crippen molar-refractivity contribution in [3.63, 3.8) is 0 Å². The number of carbonyl (C=O) groups excluding carboxylic acids is 1. The van der Waals surface area contributed by atoms with E-state index in [2.05, 4.69) is 64.4 Å². The molecule has 4 heteroatoms. The van der Waals surface area contributed by atoms with Gasteiger partial charge in [-0.25, -0.2) is 0 Å². The molecule has 2 aromatic rings. The second-order valence-electron chi connectivity index (χ2n) is 8.03. The maximum absolute atomic E-state index is 12.3. The van der Waals surface area contributed by atoms with Crippen LogP contribution in [-0.4, -0.2) is 55.1 Å². The Kier molecular flexibility index (Phi) is 6.08. The normalized spacial score (nSPS) is 22.9. The molecule has 2 atom stereocenters. The summed E-state index contributed by atoms with van der Waals surface area (Å²) in [4.78, 5) is 17.0. The number of piperidine rings is 2. The SMILES string of the molecule is COCCN1C(=O)CC[C@@H]2CN(Cc3ccc(-c4ccccc4)cc3)CC[C@@H]21. The number of ether oxygens (including phenoxy) is 1. The fourth-order valence-corrected chi connectivity index (χ4v) is 4.74. The molecule has 148 valence electrons. The van der Waals surface area contributed by atoms with Gasteiger partial charge in [-0.15, -0.1) is 0 Å². The van der Waals surface area contributed by atoms with Crippen molar-refractivity contribution in [3.8, 4) is 11.1 Å². The molecule has 2 aliphatic rings. The van der Waals surface area contributed by atoms with Crippen molar-refractivity contribution in [3.05, 3.63) is 60.2 Å². The van der Waals surface area contributed by atoms with Crippen LogP contribution in [0.1, 0.15) is 24.8 Å². The Balaban J connectivity index is 1.36. The highest BCUT2D eigenvalue weighted by Crippen LogP contribution is 2.32. The topological polar surface area (TPSA) is 32.8 Å². The van der Waals surface area contributed by atoms with Crippen molar-refractivity contribution in [1.82, 2.24) is 9.80 Å². The Labute approximate surface area is 168 Å². The Morgan fingerprint density at radius 3 is 2.50 bits per heavy atom. The van der Waals surface area contributed by atoms with E-state index in [0.717, 1.165) is 39.0 Å². The fraction of sp³-hybridized carbons (Fsp3) is 0.458. The number of benzene rings is 2. The summed E-state index contributed by atoms with van der Waals surface area (Å²) in [6.07, 6.45) is 2.78. The highest BCUT2D eigenvalue weighted by molar-refractivity contribution is 5.77. The standard InChI is InChI=1S/C24H30N2O2/c1-28-16-15-26-23-13-14-25(18-22(23)11-12-24(26)27)17-19-7-9-21(10-8-19)20-5-3-2-4-6-20/h2-10,22-23H,11-18H2,1H3/t22-,23+/m1/s1. The maximum Gasteiger partial charge on any atom is 0.222 e. The molecular formula is C24H30N2O2. The zero-order valence-corrected chi connectivity index (χ0v) is 16.7. The molecule has 0 spiro atoms. The van der Waals surface area contributed by atoms with Crippen LogP contribution in [0.25, 0.3) is 11.1 Å². The summed E-state index contributed by atoms with van der Waals surface area (Å²) < 4.78 is 5.21. The summed E-state index contributed by atoms with van der Waals surface area (Å²) in [5.41, 5.74) is 3.89. The predicted molar refractivity (Wildman–Crippen MR) is 112 cm³/mol. The minimum Gasteiger partial charge on any atom is -0.383 e. The van der Waals surface area contributed by atoms with Crippen molar-refractivity contribution in [2.45, 2.75) is 31.8 Å². The number of fused-ring (bicyclic) bond motifs is 1. The lowest BCUT2D eigenvalue weighted by molar-refractivity contribution is -0.142. The Morgan fingerprint density at radius 1 is 1.00 bits per heavy atom. The molecule has 2 aliphatic heterocycles. The molecule has 0 N–H and O–H groups in total. The van der Waals surface area contributed by atoms with E-state index >= 15 is 0 Å². The molecule has 28 heavy (non-hydrogen) atoms. The number of likely N-dealkylation sites (tertiary alicyclic amines) is 2. The summed E-state index contributed by atoms with van der Waals surface area (Å²) in [6.45, 7) is 4.49. The van der Waals surface area contributed by atoms with Gasteiger partial charge in [-0.05, 0) is 35.4 Å². The molecule has 4 nitrogen and oxygen atoms in total. The molecule has 4 rings (SSSR count). The minimum absolute atomic E-state index is 0.309. The maximum atomic E-state index is 12.3. The third-order valence-corrected chi connectivity index (χ3v) is 6.23. The molecule has 0 radical (unpaired) electrons. The molecule has 2 fully saturated rings. The zero-order chi connectivity index (χ0) is 19.3. The van der Waals surface area contributed by atoms with Crippen molar-refractivity contribution < 1.29 is 9.53 Å². The molecular weight excluding hydrogens is 348 g/mol. The van der Waals surface area contributed by atoms with Gasteiger partial charge >= 0.3 is 0 Å². The third kappa shape index (κ3) is 4.29. The van der Waals surface area contributed by atoms with Crippen LogP contribution < -0.4 is 0 Å². The highest BCUT2D eigenvalue weighted by Gasteiger charge is 2.38. The average molecular weight is 379 g/mol. The molecule has 2 saturated heterocycles. The van der Waals surface area contributed by atoms with E-state index < -0.39 is 0 Å². The minimum atomic E-state index is 0.309. The van der Waals surface area contributed by atoms with E-state index in [1.165, 1.54) is 16.7 Å². The second-order valence-corrected chi connectivity index (χ2v) is 8.03. The lowest BCUT2D eigenvalue weighted by Gasteiger charge is -2.47. The molecule has 2 heterocycles. The smallest absolute Gasteiger partial charge is 0.222 e. The average Bonchev–Trinajstić information content (AvgIpc) is 2.74. The van der Waals surface area contributed by atoms with Crippen LogP contribution in [-0.2, 0) is 16.1 Å². The van der Waals surface area contributed by atoms with Crippen LogP contribution in [0.5, 0.6) is 0 Å². The van der Waals surface area contributed by atoms with Crippen molar-refractivity contribution in [1.29, 1.82) is 0 Å². The molecule has 1 amide bonds. The predicted octanol–water partition coefficient (Wildman–Crippen LogP) is 3.81. The van der Waals surface area contributed by atoms with Crippen molar-refractivity contribution in [2.75, 3.05) is 33.4 Å². The van der Waals surface area contributed by atoms with Gasteiger partial charge in [-0.3, -0.25) is 9.69 Å². The largest absolute Gasteiger partial charge is 0.383 e. The van der Waals surface area contributed by atoms with E-state index in [1.807, 2.05) is 0 Å². The van der Waals surface area contributed by atoms with Gasteiger partial charge in [0.15, 0.2) is 0 Å². The molecule has 0 unspecified atom stereocenters. The number of carbonyl (C=O) groups is 1. The zero-order valence-electron chi connectivity index (χ0n) is 16.7. The number of hydrogen-bond acceptors (Lipinski definition) is 3. The monoisotopic (exact) mass is 378 g/mol. The summed E-state index contributed by atoms with van der Waals surface area (Å²) in [7, 11) is 1.71. The summed E-state index contributed by atoms with van der Waals surface area (Å²) in [6, 6.07) is 19.9. The Hall–Kier alpha value is -2.17. The fourth-order valence-electron chi connectivity index (χ4n) is 4.74. The number of nitrogens with zero attached hydrogens (tertiary/aromatic N) is 2. The third-order valence-electron chi connectivity index (χ3n) is 6.23. The van der Waals surface area contributed by atoms with Crippen LogP contribution in [0.2, 0.25) is 0 Å². The van der Waals surface area contributed by atoms with E-state index in [4.69, 9.17) is 4.74 Å². The van der Waals surface area contributed by atoms with E-state index in [0.29, 0.717) is 30.9 Å². The van der Waals surface area contributed by atoms with Crippen LogP contribution in [0.15, 0.2) is 54.6 Å². The lowest BCUT2D eigenvalue weighted by Crippen LogP contribution is -2.56. The van der Waals surface area contributed by atoms with Gasteiger partial charge in [0.05, 0.1) is 6.61 Å². The van der Waals surface area contributed by atoms with Crippen LogP contribution in [0, 0.1) is 5.92 Å². The van der Waals surface area contributed by atoms with Crippen molar-refractivity contribution >= 4 is 5.91 Å². The van der Waals surface area contributed by atoms with Gasteiger partial charge in [0.1, 0.15) is 0 Å². The number of amides is 1. The highest BCUT2D eigenvalue weighted by atomic mass is 16.5. The number of methoxy groups -OCH3 is 1. The molecule has 0 bridgehead atoms. The summed E-state index contributed by atoms with van der Waals surface area (Å²) >= 11 is 0. The first-order chi connectivity index (χ1) is 13.7. The molecule has 0 aliphatic carbocycles. The lowest BCUT2D eigenvalue weighted by atomic mass is 9.83. The summed E-state index contributed by atoms with van der Waals surface area (Å²) in [5.74, 6) is 0.898. The summed E-state index contributed by atoms with van der Waals surface area (Å²) in [5, 5.41) is 0. The Bertz CT molecular complexity index is 775. The van der Waals surface area contributed by atoms with Crippen LogP contribution in [0.3, 0.4) is 0 Å².